The van der Waals surface area contributed by atoms with Crippen molar-refractivity contribution in [1.29, 1.82) is 0 Å². The van der Waals surface area contributed by atoms with E-state index < -0.39 is 5.60 Å². The number of aliphatic hydroxyl groups is 1. The summed E-state index contributed by atoms with van der Waals surface area (Å²) in [4.78, 5) is 13.5. The highest BCUT2D eigenvalue weighted by Crippen LogP contribution is 2.21. The molecule has 0 aliphatic carbocycles. The van der Waals surface area contributed by atoms with Crippen LogP contribution in [0.15, 0.2) is 0 Å². The smallest absolute Gasteiger partial charge is 0.248 e. The molecule has 16 heavy (non-hydrogen) atoms. The largest absolute Gasteiger partial charge is 0.388 e. The highest BCUT2D eigenvalue weighted by atomic mass is 16.5. The third kappa shape index (κ3) is 2.53. The van der Waals surface area contributed by atoms with Gasteiger partial charge in [0.05, 0.1) is 11.2 Å². The lowest BCUT2D eigenvalue weighted by Gasteiger charge is -2.39. The maximum Gasteiger partial charge on any atom is 0.248 e. The van der Waals surface area contributed by atoms with E-state index in [0.717, 1.165) is 13.1 Å². The normalized spacial score (nSPS) is 32.6. The van der Waals surface area contributed by atoms with Crippen molar-refractivity contribution in [3.8, 4) is 0 Å². The number of hydrogen-bond donors (Lipinski definition) is 2. The summed E-state index contributed by atoms with van der Waals surface area (Å²) in [5, 5.41) is 12.9. The van der Waals surface area contributed by atoms with Crippen LogP contribution in [0.2, 0.25) is 0 Å². The van der Waals surface area contributed by atoms with Crippen molar-refractivity contribution < 1.29 is 14.6 Å². The fourth-order valence-corrected chi connectivity index (χ4v) is 2.06. The van der Waals surface area contributed by atoms with E-state index in [9.17, 15) is 9.90 Å². The van der Waals surface area contributed by atoms with Gasteiger partial charge < -0.3 is 20.1 Å². The van der Waals surface area contributed by atoms with Crippen LogP contribution >= 0.6 is 0 Å². The van der Waals surface area contributed by atoms with Gasteiger partial charge in [-0.2, -0.15) is 0 Å². The Hall–Kier alpha value is -0.650. The average Bonchev–Trinajstić information content (AvgIpc) is 2.52. The Morgan fingerprint density at radius 3 is 2.62 bits per heavy atom. The molecule has 0 bridgehead atoms. The molecule has 2 aliphatic rings. The molecule has 2 N–H and O–H groups in total. The molecule has 0 aromatic heterocycles. The number of rotatable bonds is 3. The van der Waals surface area contributed by atoms with Crippen molar-refractivity contribution in [1.82, 2.24) is 10.2 Å². The lowest BCUT2D eigenvalue weighted by atomic mass is 10.0. The summed E-state index contributed by atoms with van der Waals surface area (Å²) in [6.45, 7) is 6.54. The van der Waals surface area contributed by atoms with Gasteiger partial charge in [-0.3, -0.25) is 4.79 Å². The number of carbonyl (C=O) groups excluding carboxylic acids is 1. The summed E-state index contributed by atoms with van der Waals surface area (Å²) in [6.07, 6.45) is 0.650. The van der Waals surface area contributed by atoms with E-state index in [-0.39, 0.29) is 18.1 Å². The van der Waals surface area contributed by atoms with Gasteiger partial charge in [-0.1, -0.05) is 0 Å². The summed E-state index contributed by atoms with van der Waals surface area (Å²) >= 11 is 0. The van der Waals surface area contributed by atoms with Gasteiger partial charge in [-0.25, -0.2) is 0 Å². The minimum absolute atomic E-state index is 0.0223. The molecule has 0 aromatic rings. The Bertz CT molecular complexity index is 287. The number of likely N-dealkylation sites (tertiary alicyclic amines) is 1. The molecule has 1 amide bonds. The molecule has 1 atom stereocenters. The van der Waals surface area contributed by atoms with Crippen LogP contribution in [0, 0.1) is 0 Å². The van der Waals surface area contributed by atoms with Gasteiger partial charge >= 0.3 is 0 Å². The summed E-state index contributed by atoms with van der Waals surface area (Å²) in [6, 6.07) is 0. The van der Waals surface area contributed by atoms with E-state index >= 15 is 0 Å². The van der Waals surface area contributed by atoms with Crippen molar-refractivity contribution in [3.63, 3.8) is 0 Å². The third-order valence-electron chi connectivity index (χ3n) is 3.35. The van der Waals surface area contributed by atoms with Gasteiger partial charge in [0.1, 0.15) is 6.61 Å². The summed E-state index contributed by atoms with van der Waals surface area (Å²) in [5.74, 6) is -0.0223. The number of nitrogens with one attached hydrogen (secondary N) is 1. The Labute approximate surface area is 95.8 Å². The lowest BCUT2D eigenvalue weighted by Crippen LogP contribution is -2.59. The predicted octanol–water partition coefficient (Wildman–Crippen LogP) is -0.652. The Morgan fingerprint density at radius 1 is 1.50 bits per heavy atom. The molecule has 2 rings (SSSR count). The van der Waals surface area contributed by atoms with E-state index in [0.29, 0.717) is 19.5 Å². The Balaban J connectivity index is 1.76. The van der Waals surface area contributed by atoms with Crippen molar-refractivity contribution >= 4 is 5.91 Å². The van der Waals surface area contributed by atoms with Crippen LogP contribution < -0.4 is 5.32 Å². The molecule has 0 saturated carbocycles. The van der Waals surface area contributed by atoms with Gasteiger partial charge in [0.15, 0.2) is 0 Å². The van der Waals surface area contributed by atoms with Crippen molar-refractivity contribution in [3.05, 3.63) is 0 Å². The number of ether oxygens (including phenoxy) is 1. The maximum absolute atomic E-state index is 11.8. The first-order valence-corrected chi connectivity index (χ1v) is 5.75. The van der Waals surface area contributed by atoms with Crippen LogP contribution in [0.1, 0.15) is 20.3 Å². The van der Waals surface area contributed by atoms with Crippen molar-refractivity contribution in [2.24, 2.45) is 0 Å². The SMILES string of the molecule is CC1(O)CCN(C(=O)COC2(C)CNC2)C1. The van der Waals surface area contributed by atoms with E-state index in [4.69, 9.17) is 4.74 Å². The first kappa shape index (κ1) is 11.8. The topological polar surface area (TPSA) is 61.8 Å². The second-order valence-corrected chi connectivity index (χ2v) is 5.40. The number of carbonyl (C=O) groups is 1. The Kier molecular flexibility index (Phi) is 2.94. The summed E-state index contributed by atoms with van der Waals surface area (Å²) < 4.78 is 5.57. The number of amides is 1. The molecule has 92 valence electrons. The zero-order valence-corrected chi connectivity index (χ0v) is 9.95. The monoisotopic (exact) mass is 228 g/mol. The van der Waals surface area contributed by atoms with Crippen molar-refractivity contribution in [2.75, 3.05) is 32.8 Å². The highest BCUT2D eigenvalue weighted by molar-refractivity contribution is 5.78. The lowest BCUT2D eigenvalue weighted by molar-refractivity contribution is -0.145. The molecule has 2 saturated heterocycles. The van der Waals surface area contributed by atoms with E-state index in [1.165, 1.54) is 0 Å². The van der Waals surface area contributed by atoms with E-state index in [1.54, 1.807) is 11.8 Å². The molecular weight excluding hydrogens is 208 g/mol. The molecule has 1 unspecified atom stereocenters. The molecule has 0 aromatic carbocycles. The first-order chi connectivity index (χ1) is 7.40. The molecule has 0 spiro atoms. The zero-order valence-electron chi connectivity index (χ0n) is 9.95. The van der Waals surface area contributed by atoms with Gasteiger partial charge in [-0.15, -0.1) is 0 Å². The molecule has 2 heterocycles. The molecule has 0 radical (unpaired) electrons. The number of nitrogens with zero attached hydrogens (tertiary/aromatic N) is 1. The van der Waals surface area contributed by atoms with Crippen LogP contribution in [0.5, 0.6) is 0 Å². The predicted molar refractivity (Wildman–Crippen MR) is 59.0 cm³/mol. The minimum Gasteiger partial charge on any atom is -0.388 e. The molecule has 2 aliphatic heterocycles. The van der Waals surface area contributed by atoms with Crippen LogP contribution in [-0.2, 0) is 9.53 Å². The average molecular weight is 228 g/mol. The molecular formula is C11H20N2O3. The standard InChI is InChI=1S/C11H20N2O3/c1-10(15)3-4-13(8-10)9(14)5-16-11(2)6-12-7-11/h12,15H,3-8H2,1-2H3. The molecule has 5 nitrogen and oxygen atoms in total. The number of β-amino-alcohol motifs (C(OH)–C–C–N with tert-alkyl or cyclic N) is 1. The number of hydrogen-bond acceptors (Lipinski definition) is 4. The third-order valence-corrected chi connectivity index (χ3v) is 3.35. The molecule has 2 fully saturated rings. The van der Waals surface area contributed by atoms with E-state index in [2.05, 4.69) is 5.32 Å². The summed E-state index contributed by atoms with van der Waals surface area (Å²) in [7, 11) is 0. The first-order valence-electron chi connectivity index (χ1n) is 5.75. The summed E-state index contributed by atoms with van der Waals surface area (Å²) in [5.41, 5.74) is -0.907. The van der Waals surface area contributed by atoms with Crippen molar-refractivity contribution in [2.45, 2.75) is 31.5 Å². The van der Waals surface area contributed by atoms with Crippen LogP contribution in [-0.4, -0.2) is 59.9 Å². The fourth-order valence-electron chi connectivity index (χ4n) is 2.06. The fraction of sp³-hybridized carbons (Fsp3) is 0.909. The van der Waals surface area contributed by atoms with Gasteiger partial charge in [0, 0.05) is 26.2 Å². The minimum atomic E-state index is -0.725. The highest BCUT2D eigenvalue weighted by Gasteiger charge is 2.36. The van der Waals surface area contributed by atoms with Gasteiger partial charge in [0.25, 0.3) is 0 Å². The Morgan fingerprint density at radius 2 is 2.19 bits per heavy atom. The zero-order chi connectivity index (χ0) is 11.8. The second-order valence-electron chi connectivity index (χ2n) is 5.40. The van der Waals surface area contributed by atoms with Crippen LogP contribution in [0.25, 0.3) is 0 Å². The van der Waals surface area contributed by atoms with Crippen LogP contribution in [0.3, 0.4) is 0 Å². The quantitative estimate of drug-likeness (QED) is 0.674. The van der Waals surface area contributed by atoms with Gasteiger partial charge in [-0.05, 0) is 20.3 Å². The second kappa shape index (κ2) is 3.98. The van der Waals surface area contributed by atoms with Gasteiger partial charge in [0.2, 0.25) is 5.91 Å². The van der Waals surface area contributed by atoms with Crippen LogP contribution in [0.4, 0.5) is 0 Å². The maximum atomic E-state index is 11.8. The van der Waals surface area contributed by atoms with E-state index in [1.807, 2.05) is 6.92 Å². The molecule has 5 heteroatoms.